The van der Waals surface area contributed by atoms with Crippen LogP contribution in [0.25, 0.3) is 5.57 Å². The van der Waals surface area contributed by atoms with Gasteiger partial charge < -0.3 is 5.11 Å². The summed E-state index contributed by atoms with van der Waals surface area (Å²) in [5.41, 5.74) is 2.92. The van der Waals surface area contributed by atoms with E-state index in [0.717, 1.165) is 16.7 Å². The fourth-order valence-corrected chi connectivity index (χ4v) is 1.47. The van der Waals surface area contributed by atoms with Gasteiger partial charge in [0, 0.05) is 5.02 Å². The second kappa shape index (κ2) is 4.45. The summed E-state index contributed by atoms with van der Waals surface area (Å²) in [6.45, 7) is 3.97. The van der Waals surface area contributed by atoms with Gasteiger partial charge in [-0.25, -0.2) is 0 Å². The highest BCUT2D eigenvalue weighted by atomic mass is 35.5. The Labute approximate surface area is 83.7 Å². The zero-order chi connectivity index (χ0) is 9.84. The predicted octanol–water partition coefficient (Wildman–Crippen LogP) is 3.13. The number of aliphatic hydroxyl groups is 1. The molecule has 0 radical (unpaired) electrons. The average molecular weight is 197 g/mol. The third-order valence-electron chi connectivity index (χ3n) is 1.96. The average Bonchev–Trinajstić information content (AvgIpc) is 2.09. The third-order valence-corrected chi connectivity index (χ3v) is 2.29. The van der Waals surface area contributed by atoms with Crippen molar-refractivity contribution in [2.45, 2.75) is 13.8 Å². The van der Waals surface area contributed by atoms with E-state index in [4.69, 9.17) is 16.7 Å². The van der Waals surface area contributed by atoms with E-state index in [-0.39, 0.29) is 6.61 Å². The predicted molar refractivity (Wildman–Crippen MR) is 56.8 cm³/mol. The number of aliphatic hydroxyl groups excluding tert-OH is 1. The largest absolute Gasteiger partial charge is 0.392 e. The Bertz CT molecular complexity index is 325. The molecule has 1 rings (SSSR count). The van der Waals surface area contributed by atoms with Gasteiger partial charge in [-0.1, -0.05) is 35.4 Å². The maximum Gasteiger partial charge on any atom is 0.0687 e. The van der Waals surface area contributed by atoms with Gasteiger partial charge in [0.2, 0.25) is 0 Å². The second-order valence-corrected chi connectivity index (χ2v) is 3.52. The molecule has 0 aliphatic heterocycles. The lowest BCUT2D eigenvalue weighted by molar-refractivity contribution is 0.349. The minimum absolute atomic E-state index is 0.0338. The zero-order valence-electron chi connectivity index (χ0n) is 7.84. The van der Waals surface area contributed by atoms with Gasteiger partial charge in [-0.15, -0.1) is 0 Å². The molecule has 0 bridgehead atoms. The second-order valence-electron chi connectivity index (χ2n) is 3.12. The monoisotopic (exact) mass is 196 g/mol. The van der Waals surface area contributed by atoms with Crippen molar-refractivity contribution < 1.29 is 5.11 Å². The first-order valence-corrected chi connectivity index (χ1v) is 4.56. The molecular weight excluding hydrogens is 184 g/mol. The number of benzene rings is 1. The van der Waals surface area contributed by atoms with Crippen molar-refractivity contribution in [3.8, 4) is 0 Å². The Morgan fingerprint density at radius 2 is 1.92 bits per heavy atom. The molecule has 1 aromatic rings. The first kappa shape index (κ1) is 10.3. The van der Waals surface area contributed by atoms with Crippen molar-refractivity contribution in [2.75, 3.05) is 6.61 Å². The SMILES string of the molecule is CC(C)=C(CO)c1ccccc1Cl. The molecule has 0 aromatic heterocycles. The Morgan fingerprint density at radius 3 is 2.38 bits per heavy atom. The summed E-state index contributed by atoms with van der Waals surface area (Å²) < 4.78 is 0. The molecule has 0 atom stereocenters. The van der Waals surface area contributed by atoms with Gasteiger partial charge in [0.05, 0.1) is 6.61 Å². The van der Waals surface area contributed by atoms with Crippen LogP contribution in [0.15, 0.2) is 29.8 Å². The lowest BCUT2D eigenvalue weighted by Gasteiger charge is -2.08. The molecule has 0 aliphatic rings. The van der Waals surface area contributed by atoms with E-state index in [0.29, 0.717) is 5.02 Å². The first-order valence-electron chi connectivity index (χ1n) is 4.19. The molecule has 2 heteroatoms. The Balaban J connectivity index is 3.21. The number of rotatable bonds is 2. The molecule has 0 saturated heterocycles. The van der Waals surface area contributed by atoms with Crippen LogP contribution in [0.4, 0.5) is 0 Å². The van der Waals surface area contributed by atoms with Crippen LogP contribution in [0.3, 0.4) is 0 Å². The van der Waals surface area contributed by atoms with Crippen LogP contribution in [0.2, 0.25) is 5.02 Å². The molecular formula is C11H13ClO. The fraction of sp³-hybridized carbons (Fsp3) is 0.273. The van der Waals surface area contributed by atoms with Gasteiger partial charge in [0.25, 0.3) is 0 Å². The number of halogens is 1. The van der Waals surface area contributed by atoms with Crippen molar-refractivity contribution in [2.24, 2.45) is 0 Å². The molecule has 0 saturated carbocycles. The highest BCUT2D eigenvalue weighted by Gasteiger charge is 2.05. The van der Waals surface area contributed by atoms with Crippen LogP contribution < -0.4 is 0 Å². The molecule has 1 aromatic carbocycles. The van der Waals surface area contributed by atoms with Crippen LogP contribution in [-0.2, 0) is 0 Å². The summed E-state index contributed by atoms with van der Waals surface area (Å²) in [7, 11) is 0. The highest BCUT2D eigenvalue weighted by molar-refractivity contribution is 6.32. The van der Waals surface area contributed by atoms with E-state index in [2.05, 4.69) is 0 Å². The minimum Gasteiger partial charge on any atom is -0.392 e. The first-order chi connectivity index (χ1) is 6.16. The number of allylic oxidation sites excluding steroid dienone is 1. The highest BCUT2D eigenvalue weighted by Crippen LogP contribution is 2.25. The van der Waals surface area contributed by atoms with Crippen molar-refractivity contribution in [3.63, 3.8) is 0 Å². The van der Waals surface area contributed by atoms with E-state index < -0.39 is 0 Å². The number of hydrogen-bond donors (Lipinski definition) is 1. The van der Waals surface area contributed by atoms with Gasteiger partial charge in [0.15, 0.2) is 0 Å². The Morgan fingerprint density at radius 1 is 1.31 bits per heavy atom. The molecule has 0 fully saturated rings. The molecule has 0 aliphatic carbocycles. The molecule has 0 amide bonds. The smallest absolute Gasteiger partial charge is 0.0687 e. The van der Waals surface area contributed by atoms with Gasteiger partial charge in [0.1, 0.15) is 0 Å². The van der Waals surface area contributed by atoms with E-state index >= 15 is 0 Å². The quantitative estimate of drug-likeness (QED) is 0.771. The standard InChI is InChI=1S/C11H13ClO/c1-8(2)10(7-13)9-5-3-4-6-11(9)12/h3-6,13H,7H2,1-2H3. The van der Waals surface area contributed by atoms with Crippen molar-refractivity contribution in [3.05, 3.63) is 40.4 Å². The van der Waals surface area contributed by atoms with Gasteiger partial charge in [-0.2, -0.15) is 0 Å². The minimum atomic E-state index is 0.0338. The van der Waals surface area contributed by atoms with E-state index in [1.807, 2.05) is 38.1 Å². The van der Waals surface area contributed by atoms with Gasteiger partial charge >= 0.3 is 0 Å². The fourth-order valence-electron chi connectivity index (χ4n) is 1.22. The van der Waals surface area contributed by atoms with Crippen molar-refractivity contribution in [1.82, 2.24) is 0 Å². The van der Waals surface area contributed by atoms with Gasteiger partial charge in [-0.3, -0.25) is 0 Å². The Kier molecular flexibility index (Phi) is 3.52. The lowest BCUT2D eigenvalue weighted by atomic mass is 10.0. The summed E-state index contributed by atoms with van der Waals surface area (Å²) in [5.74, 6) is 0. The molecule has 70 valence electrons. The summed E-state index contributed by atoms with van der Waals surface area (Å²) in [4.78, 5) is 0. The zero-order valence-corrected chi connectivity index (χ0v) is 8.60. The van der Waals surface area contributed by atoms with Crippen LogP contribution >= 0.6 is 11.6 Å². The topological polar surface area (TPSA) is 20.2 Å². The van der Waals surface area contributed by atoms with E-state index in [1.54, 1.807) is 0 Å². The summed E-state index contributed by atoms with van der Waals surface area (Å²) in [6, 6.07) is 7.54. The lowest BCUT2D eigenvalue weighted by Crippen LogP contribution is -1.93. The van der Waals surface area contributed by atoms with Crippen LogP contribution in [0, 0.1) is 0 Å². The maximum atomic E-state index is 9.16. The summed E-state index contributed by atoms with van der Waals surface area (Å²) in [6.07, 6.45) is 0. The van der Waals surface area contributed by atoms with Gasteiger partial charge in [-0.05, 0) is 31.1 Å². The van der Waals surface area contributed by atoms with E-state index in [1.165, 1.54) is 0 Å². The van der Waals surface area contributed by atoms with Crippen LogP contribution in [0.1, 0.15) is 19.4 Å². The van der Waals surface area contributed by atoms with Crippen molar-refractivity contribution in [1.29, 1.82) is 0 Å². The third kappa shape index (κ3) is 2.33. The summed E-state index contributed by atoms with van der Waals surface area (Å²) in [5, 5.41) is 9.85. The maximum absolute atomic E-state index is 9.16. The number of hydrogen-bond acceptors (Lipinski definition) is 1. The Hall–Kier alpha value is -0.790. The molecule has 0 heterocycles. The van der Waals surface area contributed by atoms with E-state index in [9.17, 15) is 0 Å². The van der Waals surface area contributed by atoms with Crippen molar-refractivity contribution >= 4 is 17.2 Å². The molecule has 1 nitrogen and oxygen atoms in total. The molecule has 0 spiro atoms. The molecule has 13 heavy (non-hydrogen) atoms. The summed E-state index contributed by atoms with van der Waals surface area (Å²) >= 11 is 6.00. The van der Waals surface area contributed by atoms with Crippen LogP contribution in [0.5, 0.6) is 0 Å². The van der Waals surface area contributed by atoms with Crippen LogP contribution in [-0.4, -0.2) is 11.7 Å². The molecule has 0 unspecified atom stereocenters. The molecule has 1 N–H and O–H groups in total. The normalized spacial score (nSPS) is 9.85.